The SMILES string of the molecule is O=C(O)c1ccc(C(=O)NCC2CCCCCCC2)o1. The second-order valence-corrected chi connectivity index (χ2v) is 5.39. The van der Waals surface area contributed by atoms with Crippen LogP contribution in [-0.4, -0.2) is 23.5 Å². The number of carbonyl (C=O) groups excluding carboxylic acids is 1. The van der Waals surface area contributed by atoms with Crippen molar-refractivity contribution in [3.8, 4) is 0 Å². The van der Waals surface area contributed by atoms with Gasteiger partial charge in [-0.25, -0.2) is 4.79 Å². The van der Waals surface area contributed by atoms with E-state index in [0.29, 0.717) is 12.5 Å². The summed E-state index contributed by atoms with van der Waals surface area (Å²) in [5.41, 5.74) is 0. The lowest BCUT2D eigenvalue weighted by molar-refractivity contribution is 0.0659. The van der Waals surface area contributed by atoms with E-state index in [1.165, 1.54) is 44.2 Å². The molecule has 0 aliphatic heterocycles. The average Bonchev–Trinajstić information content (AvgIpc) is 2.87. The second-order valence-electron chi connectivity index (χ2n) is 5.39. The lowest BCUT2D eigenvalue weighted by Crippen LogP contribution is -2.29. The average molecular weight is 279 g/mol. The molecule has 1 aromatic rings. The smallest absolute Gasteiger partial charge is 0.371 e. The maximum absolute atomic E-state index is 11.9. The molecular weight excluding hydrogens is 258 g/mol. The van der Waals surface area contributed by atoms with Crippen molar-refractivity contribution in [1.29, 1.82) is 0 Å². The summed E-state index contributed by atoms with van der Waals surface area (Å²) in [5.74, 6) is -1.12. The van der Waals surface area contributed by atoms with Crippen LogP contribution in [0.4, 0.5) is 0 Å². The van der Waals surface area contributed by atoms with Crippen LogP contribution >= 0.6 is 0 Å². The lowest BCUT2D eigenvalue weighted by Gasteiger charge is -2.19. The van der Waals surface area contributed by atoms with E-state index in [-0.39, 0.29) is 17.4 Å². The Hall–Kier alpha value is -1.78. The fraction of sp³-hybridized carbons (Fsp3) is 0.600. The minimum absolute atomic E-state index is 0.0632. The van der Waals surface area contributed by atoms with E-state index < -0.39 is 5.97 Å². The van der Waals surface area contributed by atoms with E-state index in [9.17, 15) is 9.59 Å². The molecule has 20 heavy (non-hydrogen) atoms. The quantitative estimate of drug-likeness (QED) is 0.887. The molecule has 0 aromatic carbocycles. The normalized spacial score (nSPS) is 17.2. The topological polar surface area (TPSA) is 79.5 Å². The van der Waals surface area contributed by atoms with Crippen LogP contribution in [0.1, 0.15) is 66.1 Å². The summed E-state index contributed by atoms with van der Waals surface area (Å²) < 4.78 is 4.98. The fourth-order valence-electron chi connectivity index (χ4n) is 2.64. The first-order valence-electron chi connectivity index (χ1n) is 7.28. The van der Waals surface area contributed by atoms with Crippen LogP contribution in [0.15, 0.2) is 16.5 Å². The third-order valence-electron chi connectivity index (χ3n) is 3.82. The predicted octanol–water partition coefficient (Wildman–Crippen LogP) is 3.07. The fourth-order valence-corrected chi connectivity index (χ4v) is 2.64. The number of nitrogens with one attached hydrogen (secondary N) is 1. The molecule has 1 aromatic heterocycles. The monoisotopic (exact) mass is 279 g/mol. The van der Waals surface area contributed by atoms with Crippen molar-refractivity contribution in [2.24, 2.45) is 5.92 Å². The van der Waals surface area contributed by atoms with Gasteiger partial charge in [-0.1, -0.05) is 32.1 Å². The molecule has 1 heterocycles. The number of hydrogen-bond acceptors (Lipinski definition) is 3. The van der Waals surface area contributed by atoms with Crippen molar-refractivity contribution < 1.29 is 19.1 Å². The van der Waals surface area contributed by atoms with Crippen LogP contribution in [0.25, 0.3) is 0 Å². The number of hydrogen-bond donors (Lipinski definition) is 2. The molecule has 0 radical (unpaired) electrons. The Kier molecular flexibility index (Phi) is 5.21. The van der Waals surface area contributed by atoms with Crippen molar-refractivity contribution in [2.45, 2.75) is 44.9 Å². The molecule has 110 valence electrons. The molecule has 0 saturated heterocycles. The number of amides is 1. The predicted molar refractivity (Wildman–Crippen MR) is 73.8 cm³/mol. The number of carboxylic acid groups (broad SMARTS) is 1. The summed E-state index contributed by atoms with van der Waals surface area (Å²) in [6, 6.07) is 2.70. The number of furan rings is 1. The van der Waals surface area contributed by atoms with E-state index in [0.717, 1.165) is 12.8 Å². The van der Waals surface area contributed by atoms with E-state index in [1.54, 1.807) is 0 Å². The van der Waals surface area contributed by atoms with Gasteiger partial charge < -0.3 is 14.8 Å². The number of carbonyl (C=O) groups is 2. The van der Waals surface area contributed by atoms with Crippen molar-refractivity contribution in [2.75, 3.05) is 6.54 Å². The van der Waals surface area contributed by atoms with Gasteiger partial charge in [0.1, 0.15) is 0 Å². The molecule has 1 aliphatic carbocycles. The molecule has 1 saturated carbocycles. The highest BCUT2D eigenvalue weighted by Crippen LogP contribution is 2.21. The highest BCUT2D eigenvalue weighted by atomic mass is 16.4. The summed E-state index contributed by atoms with van der Waals surface area (Å²) in [6.07, 6.45) is 8.64. The second kappa shape index (κ2) is 7.12. The summed E-state index contributed by atoms with van der Waals surface area (Å²) in [7, 11) is 0. The van der Waals surface area contributed by atoms with Gasteiger partial charge in [-0.3, -0.25) is 4.79 Å². The van der Waals surface area contributed by atoms with Crippen LogP contribution in [0.3, 0.4) is 0 Å². The Balaban J connectivity index is 1.82. The minimum atomic E-state index is -1.16. The van der Waals surface area contributed by atoms with Gasteiger partial charge in [-0.2, -0.15) is 0 Å². The number of carboxylic acids is 1. The lowest BCUT2D eigenvalue weighted by atomic mass is 9.91. The Bertz CT molecular complexity index is 458. The third-order valence-corrected chi connectivity index (χ3v) is 3.82. The van der Waals surface area contributed by atoms with E-state index in [1.807, 2.05) is 0 Å². The van der Waals surface area contributed by atoms with Gasteiger partial charge in [0.15, 0.2) is 5.76 Å². The van der Waals surface area contributed by atoms with Gasteiger partial charge in [0, 0.05) is 6.54 Å². The third kappa shape index (κ3) is 4.11. The maximum Gasteiger partial charge on any atom is 0.371 e. The molecule has 0 atom stereocenters. The van der Waals surface area contributed by atoms with Gasteiger partial charge >= 0.3 is 5.97 Å². The van der Waals surface area contributed by atoms with Gasteiger partial charge in [0.25, 0.3) is 5.91 Å². The molecular formula is C15H21NO4. The van der Waals surface area contributed by atoms with Crippen LogP contribution in [0.2, 0.25) is 0 Å². The first kappa shape index (κ1) is 14.6. The molecule has 1 aliphatic rings. The van der Waals surface area contributed by atoms with Crippen LogP contribution in [-0.2, 0) is 0 Å². The van der Waals surface area contributed by atoms with E-state index >= 15 is 0 Å². The zero-order chi connectivity index (χ0) is 14.4. The van der Waals surface area contributed by atoms with Crippen LogP contribution < -0.4 is 5.32 Å². The Morgan fingerprint density at radius 2 is 1.70 bits per heavy atom. The van der Waals surface area contributed by atoms with Crippen LogP contribution in [0.5, 0.6) is 0 Å². The van der Waals surface area contributed by atoms with Crippen LogP contribution in [0, 0.1) is 5.92 Å². The Morgan fingerprint density at radius 3 is 2.30 bits per heavy atom. The molecule has 0 spiro atoms. The summed E-state index contributed by atoms with van der Waals surface area (Å²) in [6.45, 7) is 0.641. The molecule has 1 fully saturated rings. The van der Waals surface area contributed by atoms with E-state index in [2.05, 4.69) is 5.32 Å². The highest BCUT2D eigenvalue weighted by molar-refractivity contribution is 5.93. The Labute approximate surface area is 118 Å². The van der Waals surface area contributed by atoms with Gasteiger partial charge in [0.2, 0.25) is 5.76 Å². The molecule has 0 bridgehead atoms. The standard InChI is InChI=1S/C15H21NO4/c17-14(12-8-9-13(20-12)15(18)19)16-10-11-6-4-2-1-3-5-7-11/h8-9,11H,1-7,10H2,(H,16,17)(H,18,19). The Morgan fingerprint density at radius 1 is 1.10 bits per heavy atom. The molecule has 5 heteroatoms. The number of aromatic carboxylic acids is 1. The van der Waals surface area contributed by atoms with Crippen molar-refractivity contribution in [3.63, 3.8) is 0 Å². The highest BCUT2D eigenvalue weighted by Gasteiger charge is 2.17. The molecule has 5 nitrogen and oxygen atoms in total. The summed E-state index contributed by atoms with van der Waals surface area (Å²) in [4.78, 5) is 22.6. The van der Waals surface area contributed by atoms with Crippen molar-refractivity contribution in [1.82, 2.24) is 5.32 Å². The minimum Gasteiger partial charge on any atom is -0.475 e. The molecule has 2 N–H and O–H groups in total. The van der Waals surface area contributed by atoms with Gasteiger partial charge in [-0.05, 0) is 30.9 Å². The molecule has 2 rings (SSSR count). The molecule has 0 unspecified atom stereocenters. The van der Waals surface area contributed by atoms with Gasteiger partial charge in [0.05, 0.1) is 0 Å². The van der Waals surface area contributed by atoms with Gasteiger partial charge in [-0.15, -0.1) is 0 Å². The number of rotatable bonds is 4. The largest absolute Gasteiger partial charge is 0.475 e. The molecule has 1 amide bonds. The van der Waals surface area contributed by atoms with Crippen molar-refractivity contribution in [3.05, 3.63) is 23.7 Å². The van der Waals surface area contributed by atoms with Crippen molar-refractivity contribution >= 4 is 11.9 Å². The summed E-state index contributed by atoms with van der Waals surface area (Å²) >= 11 is 0. The first-order valence-corrected chi connectivity index (χ1v) is 7.28. The zero-order valence-electron chi connectivity index (χ0n) is 11.6. The summed E-state index contributed by atoms with van der Waals surface area (Å²) in [5, 5.41) is 11.6. The van der Waals surface area contributed by atoms with E-state index in [4.69, 9.17) is 9.52 Å². The zero-order valence-corrected chi connectivity index (χ0v) is 11.6. The maximum atomic E-state index is 11.9. The first-order chi connectivity index (χ1) is 9.66.